The summed E-state index contributed by atoms with van der Waals surface area (Å²) >= 11 is 0. The van der Waals surface area contributed by atoms with Crippen molar-refractivity contribution in [1.29, 1.82) is 0 Å². The Labute approximate surface area is 169 Å². The fraction of sp³-hybridized carbons (Fsp3) is 0.409. The molecule has 2 aromatic carbocycles. The molecular weight excluding hydrogens is 368 g/mol. The van der Waals surface area contributed by atoms with Gasteiger partial charge < -0.3 is 20.2 Å². The van der Waals surface area contributed by atoms with Crippen LogP contribution in [0.1, 0.15) is 38.0 Å². The van der Waals surface area contributed by atoms with E-state index in [9.17, 15) is 4.79 Å². The molecule has 0 heterocycles. The number of carbonyl (C=O) groups excluding carboxylic acids is 1. The van der Waals surface area contributed by atoms with E-state index in [4.69, 9.17) is 14.9 Å². The first-order valence-corrected chi connectivity index (χ1v) is 12.5. The lowest BCUT2D eigenvalue weighted by Crippen LogP contribution is -2.43. The minimum atomic E-state index is -1.98. The molecule has 0 bridgehead atoms. The van der Waals surface area contributed by atoms with Crippen LogP contribution in [-0.2, 0) is 15.8 Å². The molecule has 0 saturated carbocycles. The lowest BCUT2D eigenvalue weighted by Gasteiger charge is -2.39. The lowest BCUT2D eigenvalue weighted by atomic mass is 10.1. The zero-order chi connectivity index (χ0) is 20.8. The van der Waals surface area contributed by atoms with Gasteiger partial charge in [0.2, 0.25) is 6.41 Å². The van der Waals surface area contributed by atoms with Crippen LogP contribution in [-0.4, -0.2) is 21.3 Å². The monoisotopic (exact) mass is 400 g/mol. The first kappa shape index (κ1) is 22.1. The molecule has 0 aliphatic heterocycles. The third-order valence-corrected chi connectivity index (χ3v) is 9.77. The number of rotatable bonds is 9. The van der Waals surface area contributed by atoms with Crippen LogP contribution in [0.4, 0.5) is 5.69 Å². The van der Waals surface area contributed by atoms with Crippen LogP contribution >= 0.6 is 0 Å². The molecule has 0 fully saturated rings. The zero-order valence-corrected chi connectivity index (χ0v) is 18.5. The smallest absolute Gasteiger partial charge is 0.211 e. The van der Waals surface area contributed by atoms with Crippen molar-refractivity contribution >= 4 is 20.4 Å². The molecule has 0 spiro atoms. The first-order valence-electron chi connectivity index (χ1n) is 9.56. The van der Waals surface area contributed by atoms with Gasteiger partial charge in [-0.15, -0.1) is 0 Å². The Morgan fingerprint density at radius 3 is 2.39 bits per heavy atom. The van der Waals surface area contributed by atoms with E-state index in [1.54, 1.807) is 0 Å². The Bertz CT molecular complexity index is 773. The molecule has 2 aromatic rings. The summed E-state index contributed by atoms with van der Waals surface area (Å²) < 4.78 is 12.4. The maximum Gasteiger partial charge on any atom is 0.211 e. The molecule has 5 nitrogen and oxygen atoms in total. The largest absolute Gasteiger partial charge is 0.487 e. The Morgan fingerprint density at radius 2 is 1.82 bits per heavy atom. The van der Waals surface area contributed by atoms with Gasteiger partial charge in [-0.25, -0.2) is 0 Å². The van der Waals surface area contributed by atoms with Crippen LogP contribution in [0.25, 0.3) is 0 Å². The maximum absolute atomic E-state index is 11.1. The quantitative estimate of drug-likeness (QED) is 0.466. The predicted molar refractivity (Wildman–Crippen MR) is 117 cm³/mol. The average Bonchev–Trinajstić information content (AvgIpc) is 2.65. The van der Waals surface area contributed by atoms with Crippen molar-refractivity contribution in [1.82, 2.24) is 0 Å². The van der Waals surface area contributed by atoms with E-state index >= 15 is 0 Å². The molecule has 3 N–H and O–H groups in total. The molecule has 2 rings (SSSR count). The van der Waals surface area contributed by atoms with Crippen molar-refractivity contribution in [2.45, 2.75) is 51.6 Å². The zero-order valence-electron chi connectivity index (χ0n) is 17.5. The van der Waals surface area contributed by atoms with Crippen LogP contribution in [0, 0.1) is 0 Å². The van der Waals surface area contributed by atoms with Crippen LogP contribution in [0.2, 0.25) is 18.1 Å². The molecular formula is C22H32N2O3Si. The van der Waals surface area contributed by atoms with Crippen LogP contribution in [0.15, 0.2) is 48.5 Å². The first-order chi connectivity index (χ1) is 13.2. The van der Waals surface area contributed by atoms with Gasteiger partial charge in [0.05, 0.1) is 11.8 Å². The van der Waals surface area contributed by atoms with Crippen LogP contribution in [0.5, 0.6) is 5.75 Å². The Morgan fingerprint density at radius 1 is 1.14 bits per heavy atom. The van der Waals surface area contributed by atoms with Gasteiger partial charge in [-0.05, 0) is 41.4 Å². The summed E-state index contributed by atoms with van der Waals surface area (Å²) in [7, 11) is -1.98. The summed E-state index contributed by atoms with van der Waals surface area (Å²) in [5, 5.41) is 2.82. The Kier molecular flexibility index (Phi) is 7.40. The summed E-state index contributed by atoms with van der Waals surface area (Å²) in [5.74, 6) is 0.614. The van der Waals surface area contributed by atoms with E-state index in [1.807, 2.05) is 48.5 Å². The second-order valence-electron chi connectivity index (χ2n) is 8.39. The molecule has 1 unspecified atom stereocenters. The summed E-state index contributed by atoms with van der Waals surface area (Å²) in [4.78, 5) is 11.1. The normalized spacial score (nSPS) is 13.1. The lowest BCUT2D eigenvalue weighted by molar-refractivity contribution is -0.105. The van der Waals surface area contributed by atoms with E-state index in [-0.39, 0.29) is 11.1 Å². The minimum absolute atomic E-state index is 0.0863. The van der Waals surface area contributed by atoms with E-state index in [1.165, 1.54) is 0 Å². The molecule has 152 valence electrons. The van der Waals surface area contributed by atoms with Crippen molar-refractivity contribution in [3.05, 3.63) is 59.7 Å². The number of amides is 1. The number of nitrogens with two attached hydrogens (primary N) is 1. The highest BCUT2D eigenvalue weighted by Gasteiger charge is 2.39. The van der Waals surface area contributed by atoms with Crippen molar-refractivity contribution in [2.75, 3.05) is 11.9 Å². The Balaban J connectivity index is 2.23. The summed E-state index contributed by atoms with van der Waals surface area (Å²) in [6, 6.07) is 15.6. The van der Waals surface area contributed by atoms with Gasteiger partial charge in [-0.1, -0.05) is 57.2 Å². The van der Waals surface area contributed by atoms with Gasteiger partial charge in [-0.3, -0.25) is 4.79 Å². The molecule has 1 atom stereocenters. The summed E-state index contributed by atoms with van der Waals surface area (Å²) in [6.45, 7) is 11.8. The van der Waals surface area contributed by atoms with Crippen molar-refractivity contribution in [2.24, 2.45) is 5.73 Å². The summed E-state index contributed by atoms with van der Waals surface area (Å²) in [6.07, 6.45) is 0.428. The van der Waals surface area contributed by atoms with Gasteiger partial charge in [-0.2, -0.15) is 0 Å². The molecule has 0 radical (unpaired) electrons. The summed E-state index contributed by atoms with van der Waals surface area (Å²) in [5.41, 5.74) is 8.63. The highest BCUT2D eigenvalue weighted by Crippen LogP contribution is 2.40. The minimum Gasteiger partial charge on any atom is -0.487 e. The SMILES string of the molecule is CC(C)(C)[Si](C)(C)OC(CN)c1ccc(OCc2ccccc2)c(NC=O)c1. The van der Waals surface area contributed by atoms with Crippen molar-refractivity contribution < 1.29 is 14.0 Å². The van der Waals surface area contributed by atoms with Crippen LogP contribution < -0.4 is 15.8 Å². The van der Waals surface area contributed by atoms with E-state index in [0.717, 1.165) is 11.1 Å². The number of hydrogen-bond acceptors (Lipinski definition) is 4. The van der Waals surface area contributed by atoms with Crippen molar-refractivity contribution in [3.8, 4) is 5.75 Å². The number of hydrogen-bond donors (Lipinski definition) is 2. The van der Waals surface area contributed by atoms with Crippen molar-refractivity contribution in [3.63, 3.8) is 0 Å². The molecule has 1 amide bonds. The molecule has 0 saturated heterocycles. The molecule has 6 heteroatoms. The van der Waals surface area contributed by atoms with Gasteiger partial charge in [0.1, 0.15) is 12.4 Å². The number of carbonyl (C=O) groups is 1. The topological polar surface area (TPSA) is 73.6 Å². The molecule has 0 aliphatic rings. The molecule has 28 heavy (non-hydrogen) atoms. The maximum atomic E-state index is 11.1. The highest BCUT2D eigenvalue weighted by molar-refractivity contribution is 6.74. The van der Waals surface area contributed by atoms with E-state index < -0.39 is 8.32 Å². The standard InChI is InChI=1S/C22H32N2O3Si/c1-22(2,3)28(4,5)27-21(14-23)18-11-12-20(19(13-18)24-16-25)26-15-17-9-7-6-8-10-17/h6-13,16,21H,14-15,23H2,1-5H3,(H,24,25). The van der Waals surface area contributed by atoms with Gasteiger partial charge >= 0.3 is 0 Å². The van der Waals surface area contributed by atoms with Crippen LogP contribution in [0.3, 0.4) is 0 Å². The second-order valence-corrected chi connectivity index (χ2v) is 13.2. The fourth-order valence-corrected chi connectivity index (χ4v) is 3.87. The van der Waals surface area contributed by atoms with Gasteiger partial charge in [0.25, 0.3) is 0 Å². The van der Waals surface area contributed by atoms with Gasteiger partial charge in [0, 0.05) is 6.54 Å². The number of nitrogens with one attached hydrogen (secondary N) is 1. The second kappa shape index (κ2) is 9.36. The number of anilines is 1. The third kappa shape index (κ3) is 5.67. The number of ether oxygens (including phenoxy) is 1. The molecule has 0 aromatic heterocycles. The average molecular weight is 401 g/mol. The third-order valence-electron chi connectivity index (χ3n) is 5.28. The van der Waals surface area contributed by atoms with E-state index in [0.29, 0.717) is 31.0 Å². The van der Waals surface area contributed by atoms with E-state index in [2.05, 4.69) is 39.2 Å². The van der Waals surface area contributed by atoms with Gasteiger partial charge in [0.15, 0.2) is 8.32 Å². The predicted octanol–water partition coefficient (Wildman–Crippen LogP) is 4.86. The molecule has 0 aliphatic carbocycles. The fourth-order valence-electron chi connectivity index (χ4n) is 2.57. The Hall–Kier alpha value is -2.15. The highest BCUT2D eigenvalue weighted by atomic mass is 28.4. The number of benzene rings is 2.